The molecule has 0 spiro atoms. The number of anilines is 2. The van der Waals surface area contributed by atoms with Gasteiger partial charge in [0.05, 0.1) is 12.6 Å². The van der Waals surface area contributed by atoms with Crippen LogP contribution >= 0.6 is 0 Å². The van der Waals surface area contributed by atoms with Crippen molar-refractivity contribution in [2.45, 2.75) is 6.42 Å². The van der Waals surface area contributed by atoms with E-state index >= 15 is 0 Å². The first-order valence-corrected chi connectivity index (χ1v) is 4.88. The number of nitrogen functional groups attached to an aromatic ring is 1. The van der Waals surface area contributed by atoms with Crippen molar-refractivity contribution >= 4 is 17.4 Å². The summed E-state index contributed by atoms with van der Waals surface area (Å²) in [5, 5.41) is 9.08. The van der Waals surface area contributed by atoms with Crippen LogP contribution in [-0.4, -0.2) is 16.1 Å². The molecule has 82 valence electrons. The van der Waals surface area contributed by atoms with Gasteiger partial charge in [0.1, 0.15) is 5.82 Å². The quantitative estimate of drug-likeness (QED) is 0.673. The molecule has 0 saturated heterocycles. The number of aromatic nitrogens is 2. The Bertz CT molecular complexity index is 478. The van der Waals surface area contributed by atoms with Crippen LogP contribution in [-0.2, 0) is 11.2 Å². The highest BCUT2D eigenvalue weighted by atomic mass is 16.1. The number of nitrogens with one attached hydrogen (secondary N) is 2. The van der Waals surface area contributed by atoms with Crippen LogP contribution in [0.25, 0.3) is 0 Å². The summed E-state index contributed by atoms with van der Waals surface area (Å²) >= 11 is 0. The molecule has 0 saturated carbocycles. The number of hydrogen-bond acceptors (Lipinski definition) is 3. The van der Waals surface area contributed by atoms with Gasteiger partial charge in [-0.2, -0.15) is 5.10 Å². The number of carbonyl (C=O) groups is 1. The van der Waals surface area contributed by atoms with Gasteiger partial charge >= 0.3 is 0 Å². The molecule has 0 aliphatic heterocycles. The van der Waals surface area contributed by atoms with Gasteiger partial charge in [-0.05, 0) is 11.6 Å². The normalized spacial score (nSPS) is 10.0. The molecule has 1 aromatic carbocycles. The molecule has 2 aromatic rings. The van der Waals surface area contributed by atoms with Gasteiger partial charge < -0.3 is 11.1 Å². The number of hydrogen-bond donors (Lipinski definition) is 3. The highest BCUT2D eigenvalue weighted by Gasteiger charge is 2.06. The zero-order chi connectivity index (χ0) is 11.4. The third-order valence-corrected chi connectivity index (χ3v) is 2.18. The molecule has 1 amide bonds. The third kappa shape index (κ3) is 2.38. The lowest BCUT2D eigenvalue weighted by atomic mass is 10.1. The predicted molar refractivity (Wildman–Crippen MR) is 61.8 cm³/mol. The zero-order valence-corrected chi connectivity index (χ0v) is 8.60. The maximum absolute atomic E-state index is 11.6. The fourth-order valence-electron chi connectivity index (χ4n) is 1.39. The van der Waals surface area contributed by atoms with Crippen molar-refractivity contribution in [3.05, 3.63) is 42.1 Å². The van der Waals surface area contributed by atoms with Gasteiger partial charge in [0.15, 0.2) is 0 Å². The molecular weight excluding hydrogens is 204 g/mol. The monoisotopic (exact) mass is 216 g/mol. The molecule has 0 radical (unpaired) electrons. The minimum absolute atomic E-state index is 0.123. The minimum Gasteiger partial charge on any atom is -0.398 e. The smallest absolute Gasteiger partial charge is 0.230 e. The van der Waals surface area contributed by atoms with Gasteiger partial charge in [-0.1, -0.05) is 18.2 Å². The minimum atomic E-state index is -0.123. The summed E-state index contributed by atoms with van der Waals surface area (Å²) in [6, 6.07) is 8.99. The molecule has 1 heterocycles. The van der Waals surface area contributed by atoms with E-state index in [1.807, 2.05) is 18.2 Å². The number of rotatable bonds is 3. The Morgan fingerprint density at radius 1 is 1.38 bits per heavy atom. The van der Waals surface area contributed by atoms with Crippen molar-refractivity contribution < 1.29 is 4.79 Å². The molecule has 0 aliphatic rings. The standard InChI is InChI=1S/C11H12N4O/c12-9-4-2-1-3-8(9)7-11(16)14-10-5-6-13-15-10/h1-6H,7,12H2,(H2,13,14,15,16). The van der Waals surface area contributed by atoms with Crippen LogP contribution in [0.15, 0.2) is 36.5 Å². The molecule has 0 fully saturated rings. The van der Waals surface area contributed by atoms with Gasteiger partial charge in [-0.15, -0.1) is 0 Å². The van der Waals surface area contributed by atoms with E-state index in [4.69, 9.17) is 5.73 Å². The summed E-state index contributed by atoms with van der Waals surface area (Å²) in [6.45, 7) is 0. The molecule has 16 heavy (non-hydrogen) atoms. The zero-order valence-electron chi connectivity index (χ0n) is 8.60. The van der Waals surface area contributed by atoms with E-state index in [9.17, 15) is 4.79 Å². The van der Waals surface area contributed by atoms with E-state index in [0.29, 0.717) is 11.5 Å². The highest BCUT2D eigenvalue weighted by Crippen LogP contribution is 2.11. The average Bonchev–Trinajstić information content (AvgIpc) is 2.74. The first-order chi connectivity index (χ1) is 7.75. The van der Waals surface area contributed by atoms with Crippen LogP contribution in [0.1, 0.15) is 5.56 Å². The SMILES string of the molecule is Nc1ccccc1CC(=O)Nc1ccn[nH]1. The lowest BCUT2D eigenvalue weighted by molar-refractivity contribution is -0.115. The second kappa shape index (κ2) is 4.48. The summed E-state index contributed by atoms with van der Waals surface area (Å²) in [5.74, 6) is 0.460. The van der Waals surface area contributed by atoms with Crippen molar-refractivity contribution in [2.24, 2.45) is 0 Å². The Kier molecular flexibility index (Phi) is 2.86. The maximum atomic E-state index is 11.6. The van der Waals surface area contributed by atoms with E-state index in [-0.39, 0.29) is 12.3 Å². The van der Waals surface area contributed by atoms with Crippen molar-refractivity contribution in [2.75, 3.05) is 11.1 Å². The number of para-hydroxylation sites is 1. The number of H-pyrrole nitrogens is 1. The Balaban J connectivity index is 2.00. The Labute approximate surface area is 92.7 Å². The number of carbonyl (C=O) groups excluding carboxylic acids is 1. The van der Waals surface area contributed by atoms with E-state index < -0.39 is 0 Å². The largest absolute Gasteiger partial charge is 0.398 e. The molecular formula is C11H12N4O. The number of nitrogens with zero attached hydrogens (tertiary/aromatic N) is 1. The fourth-order valence-corrected chi connectivity index (χ4v) is 1.39. The summed E-state index contributed by atoms with van der Waals surface area (Å²) in [6.07, 6.45) is 1.83. The van der Waals surface area contributed by atoms with Crippen molar-refractivity contribution in [1.82, 2.24) is 10.2 Å². The fraction of sp³-hybridized carbons (Fsp3) is 0.0909. The van der Waals surface area contributed by atoms with E-state index in [1.165, 1.54) is 0 Å². The third-order valence-electron chi connectivity index (χ3n) is 2.18. The molecule has 0 unspecified atom stereocenters. The summed E-state index contributed by atoms with van der Waals surface area (Å²) in [4.78, 5) is 11.6. The number of benzene rings is 1. The Morgan fingerprint density at radius 2 is 2.19 bits per heavy atom. The van der Waals surface area contributed by atoms with Crippen LogP contribution in [0.4, 0.5) is 11.5 Å². The lowest BCUT2D eigenvalue weighted by Crippen LogP contribution is -2.15. The van der Waals surface area contributed by atoms with Crippen LogP contribution in [0.3, 0.4) is 0 Å². The van der Waals surface area contributed by atoms with Crippen LogP contribution in [0.2, 0.25) is 0 Å². The second-order valence-corrected chi connectivity index (χ2v) is 3.39. The van der Waals surface area contributed by atoms with Gasteiger partial charge in [-0.3, -0.25) is 9.89 Å². The summed E-state index contributed by atoms with van der Waals surface area (Å²) in [5.41, 5.74) is 7.19. The van der Waals surface area contributed by atoms with Crippen LogP contribution < -0.4 is 11.1 Å². The summed E-state index contributed by atoms with van der Waals surface area (Å²) < 4.78 is 0. The molecule has 5 nitrogen and oxygen atoms in total. The number of nitrogens with two attached hydrogens (primary N) is 1. The average molecular weight is 216 g/mol. The van der Waals surface area contributed by atoms with Gasteiger partial charge in [0.25, 0.3) is 0 Å². The number of aromatic amines is 1. The van der Waals surface area contributed by atoms with Gasteiger partial charge in [0, 0.05) is 11.8 Å². The molecule has 0 aliphatic carbocycles. The lowest BCUT2D eigenvalue weighted by Gasteiger charge is -2.05. The highest BCUT2D eigenvalue weighted by molar-refractivity contribution is 5.92. The molecule has 1 aromatic heterocycles. The van der Waals surface area contributed by atoms with Gasteiger partial charge in [-0.25, -0.2) is 0 Å². The molecule has 4 N–H and O–H groups in total. The Morgan fingerprint density at radius 3 is 2.88 bits per heavy atom. The Hall–Kier alpha value is -2.30. The van der Waals surface area contributed by atoms with Crippen LogP contribution in [0.5, 0.6) is 0 Å². The maximum Gasteiger partial charge on any atom is 0.230 e. The van der Waals surface area contributed by atoms with Crippen molar-refractivity contribution in [3.8, 4) is 0 Å². The summed E-state index contributed by atoms with van der Waals surface area (Å²) in [7, 11) is 0. The van der Waals surface area contributed by atoms with Crippen LogP contribution in [0, 0.1) is 0 Å². The number of amides is 1. The molecule has 5 heteroatoms. The van der Waals surface area contributed by atoms with E-state index in [1.54, 1.807) is 18.3 Å². The molecule has 2 rings (SSSR count). The topological polar surface area (TPSA) is 83.8 Å². The predicted octanol–water partition coefficient (Wildman–Crippen LogP) is 1.17. The second-order valence-electron chi connectivity index (χ2n) is 3.39. The molecule has 0 atom stereocenters. The first kappa shape index (κ1) is 10.2. The van der Waals surface area contributed by atoms with Crippen molar-refractivity contribution in [3.63, 3.8) is 0 Å². The van der Waals surface area contributed by atoms with Crippen molar-refractivity contribution in [1.29, 1.82) is 0 Å². The van der Waals surface area contributed by atoms with Gasteiger partial charge in [0.2, 0.25) is 5.91 Å². The first-order valence-electron chi connectivity index (χ1n) is 4.88. The van der Waals surface area contributed by atoms with E-state index in [2.05, 4.69) is 15.5 Å². The van der Waals surface area contributed by atoms with E-state index in [0.717, 1.165) is 5.56 Å². The molecule has 0 bridgehead atoms.